The summed E-state index contributed by atoms with van der Waals surface area (Å²) >= 11 is 1.52. The van der Waals surface area contributed by atoms with Crippen molar-refractivity contribution in [1.82, 2.24) is 5.32 Å². The number of sulfonamides is 1. The number of rotatable bonds is 6. The molecule has 0 fully saturated rings. The Morgan fingerprint density at radius 3 is 2.79 bits per heavy atom. The summed E-state index contributed by atoms with van der Waals surface area (Å²) in [6.45, 7) is 0.666. The third-order valence-corrected chi connectivity index (χ3v) is 3.96. The van der Waals surface area contributed by atoms with E-state index in [1.165, 1.54) is 23.5 Å². The molecule has 104 valence electrons. The number of primary sulfonamides is 1. The zero-order valence-corrected chi connectivity index (χ0v) is 11.6. The van der Waals surface area contributed by atoms with Crippen molar-refractivity contribution in [2.24, 2.45) is 5.14 Å². The molecule has 2 rings (SSSR count). The summed E-state index contributed by atoms with van der Waals surface area (Å²) < 4.78 is 27.1. The van der Waals surface area contributed by atoms with Gasteiger partial charge in [0.05, 0.1) is 12.6 Å². The largest absolute Gasteiger partial charge is 0.447 e. The van der Waals surface area contributed by atoms with Crippen LogP contribution < -0.4 is 10.5 Å². The van der Waals surface area contributed by atoms with Crippen LogP contribution in [0.1, 0.15) is 17.4 Å². The molecule has 0 radical (unpaired) electrons. The molecule has 6 nitrogen and oxygen atoms in total. The van der Waals surface area contributed by atoms with Crippen molar-refractivity contribution in [2.45, 2.75) is 17.7 Å². The van der Waals surface area contributed by atoms with Gasteiger partial charge in [0, 0.05) is 6.54 Å². The maximum atomic E-state index is 11.0. The lowest BCUT2D eigenvalue weighted by atomic mass is 10.2. The third kappa shape index (κ3) is 3.88. The Kier molecular flexibility index (Phi) is 4.38. The van der Waals surface area contributed by atoms with E-state index in [1.54, 1.807) is 0 Å². The average Bonchev–Trinajstić information content (AvgIpc) is 2.99. The van der Waals surface area contributed by atoms with Gasteiger partial charge in [-0.05, 0) is 34.5 Å². The van der Waals surface area contributed by atoms with E-state index < -0.39 is 16.1 Å². The smallest absolute Gasteiger partial charge is 0.271 e. The molecule has 0 amide bonds. The average molecular weight is 302 g/mol. The van der Waals surface area contributed by atoms with Crippen LogP contribution in [0.15, 0.2) is 38.5 Å². The van der Waals surface area contributed by atoms with Gasteiger partial charge in [-0.2, -0.15) is 11.3 Å². The Balaban J connectivity index is 1.85. The molecule has 0 aliphatic heterocycles. The van der Waals surface area contributed by atoms with Crippen LogP contribution in [0.5, 0.6) is 0 Å². The Bertz CT molecular complexity index is 619. The van der Waals surface area contributed by atoms with E-state index in [1.807, 2.05) is 16.8 Å². The fourth-order valence-corrected chi connectivity index (χ4v) is 2.71. The monoisotopic (exact) mass is 302 g/mol. The minimum atomic E-state index is -3.80. The first-order chi connectivity index (χ1) is 8.97. The van der Waals surface area contributed by atoms with Crippen molar-refractivity contribution in [3.63, 3.8) is 0 Å². The van der Waals surface area contributed by atoms with E-state index in [2.05, 4.69) is 5.32 Å². The molecule has 19 heavy (non-hydrogen) atoms. The van der Waals surface area contributed by atoms with Crippen molar-refractivity contribution in [3.8, 4) is 0 Å². The number of hydrogen-bond acceptors (Lipinski definition) is 6. The number of aliphatic hydroxyl groups excluding tert-OH is 1. The second-order valence-electron chi connectivity index (χ2n) is 3.97. The highest BCUT2D eigenvalue weighted by atomic mass is 32.2. The lowest BCUT2D eigenvalue weighted by Gasteiger charge is -2.09. The standard InChI is InChI=1S/C11H14N2O4S2/c12-19(15,16)11-2-1-9(17-11)5-13-6-10(14)8-3-4-18-7-8/h1-4,7,10,13-14H,5-6H2,(H2,12,15,16). The van der Waals surface area contributed by atoms with E-state index in [0.29, 0.717) is 18.8 Å². The fourth-order valence-electron chi connectivity index (χ4n) is 1.52. The minimum Gasteiger partial charge on any atom is -0.447 e. The number of hydrogen-bond donors (Lipinski definition) is 3. The summed E-state index contributed by atoms with van der Waals surface area (Å²) in [6, 6.07) is 4.69. The van der Waals surface area contributed by atoms with Crippen LogP contribution >= 0.6 is 11.3 Å². The van der Waals surface area contributed by atoms with Crippen LogP contribution in [0, 0.1) is 0 Å². The van der Waals surface area contributed by atoms with Gasteiger partial charge in [-0.15, -0.1) is 0 Å². The molecule has 0 aliphatic carbocycles. The third-order valence-electron chi connectivity index (χ3n) is 2.48. The minimum absolute atomic E-state index is 0.261. The molecule has 0 aromatic carbocycles. The van der Waals surface area contributed by atoms with Crippen LogP contribution in [0.3, 0.4) is 0 Å². The van der Waals surface area contributed by atoms with Gasteiger partial charge in [-0.25, -0.2) is 13.6 Å². The van der Waals surface area contributed by atoms with Crippen molar-refractivity contribution in [3.05, 3.63) is 40.3 Å². The summed E-state index contributed by atoms with van der Waals surface area (Å²) in [5, 5.41) is 21.2. The normalized spacial score (nSPS) is 13.6. The molecule has 0 saturated heterocycles. The highest BCUT2D eigenvalue weighted by molar-refractivity contribution is 7.89. The predicted octanol–water partition coefficient (Wildman–Crippen LogP) is 0.812. The van der Waals surface area contributed by atoms with Gasteiger partial charge >= 0.3 is 0 Å². The lowest BCUT2D eigenvalue weighted by Crippen LogP contribution is -2.20. The highest BCUT2D eigenvalue weighted by Crippen LogP contribution is 2.16. The zero-order valence-electron chi connectivity index (χ0n) is 9.94. The summed E-state index contributed by atoms with van der Waals surface area (Å²) in [7, 11) is -3.80. The Hall–Kier alpha value is -1.19. The summed E-state index contributed by atoms with van der Waals surface area (Å²) in [6.07, 6.45) is -0.598. The number of aliphatic hydroxyl groups is 1. The molecule has 1 atom stereocenters. The number of nitrogens with two attached hydrogens (primary N) is 1. The summed E-state index contributed by atoms with van der Waals surface area (Å²) in [5.41, 5.74) is 0.849. The quantitative estimate of drug-likeness (QED) is 0.732. The van der Waals surface area contributed by atoms with E-state index in [0.717, 1.165) is 5.56 Å². The molecule has 0 saturated carbocycles. The van der Waals surface area contributed by atoms with Crippen LogP contribution in [-0.4, -0.2) is 20.1 Å². The van der Waals surface area contributed by atoms with Crippen LogP contribution in [0.4, 0.5) is 0 Å². The molecule has 0 aliphatic rings. The Labute approximate surface area is 114 Å². The van der Waals surface area contributed by atoms with Crippen molar-refractivity contribution in [2.75, 3.05) is 6.54 Å². The zero-order chi connectivity index (χ0) is 13.9. The van der Waals surface area contributed by atoms with Gasteiger partial charge in [-0.3, -0.25) is 0 Å². The topological polar surface area (TPSA) is 106 Å². The molecule has 4 N–H and O–H groups in total. The molecule has 0 bridgehead atoms. The van der Waals surface area contributed by atoms with Gasteiger partial charge in [0.2, 0.25) is 5.09 Å². The number of nitrogens with one attached hydrogen (secondary N) is 1. The molecule has 0 spiro atoms. The first-order valence-corrected chi connectivity index (χ1v) is 7.98. The molecule has 2 heterocycles. The van der Waals surface area contributed by atoms with Crippen molar-refractivity contribution < 1.29 is 17.9 Å². The van der Waals surface area contributed by atoms with Gasteiger partial charge in [0.25, 0.3) is 10.0 Å². The lowest BCUT2D eigenvalue weighted by molar-refractivity contribution is 0.173. The van der Waals surface area contributed by atoms with Gasteiger partial charge in [0.15, 0.2) is 0 Å². The maximum absolute atomic E-state index is 11.0. The first-order valence-electron chi connectivity index (χ1n) is 5.49. The number of furan rings is 1. The molecular formula is C11H14N2O4S2. The molecular weight excluding hydrogens is 288 g/mol. The van der Waals surface area contributed by atoms with Crippen molar-refractivity contribution >= 4 is 21.4 Å². The molecule has 2 aromatic heterocycles. The van der Waals surface area contributed by atoms with E-state index >= 15 is 0 Å². The second kappa shape index (κ2) is 5.85. The fraction of sp³-hybridized carbons (Fsp3) is 0.273. The van der Waals surface area contributed by atoms with E-state index in [-0.39, 0.29) is 5.09 Å². The predicted molar refractivity (Wildman–Crippen MR) is 71.1 cm³/mol. The SMILES string of the molecule is NS(=O)(=O)c1ccc(CNCC(O)c2ccsc2)o1. The number of thiophene rings is 1. The van der Waals surface area contributed by atoms with E-state index in [4.69, 9.17) is 9.56 Å². The molecule has 1 unspecified atom stereocenters. The molecule has 8 heteroatoms. The van der Waals surface area contributed by atoms with E-state index in [9.17, 15) is 13.5 Å². The Morgan fingerprint density at radius 1 is 1.42 bits per heavy atom. The van der Waals surface area contributed by atoms with Crippen LogP contribution in [0.25, 0.3) is 0 Å². The van der Waals surface area contributed by atoms with Crippen molar-refractivity contribution in [1.29, 1.82) is 0 Å². The van der Waals surface area contributed by atoms with Gasteiger partial charge < -0.3 is 14.8 Å². The molecule has 2 aromatic rings. The van der Waals surface area contributed by atoms with Crippen LogP contribution in [0.2, 0.25) is 0 Å². The first kappa shape index (κ1) is 14.2. The summed E-state index contributed by atoms with van der Waals surface area (Å²) in [5.74, 6) is 0.446. The van der Waals surface area contributed by atoms with Gasteiger partial charge in [-0.1, -0.05) is 0 Å². The Morgan fingerprint density at radius 2 is 2.21 bits per heavy atom. The van der Waals surface area contributed by atoms with Gasteiger partial charge in [0.1, 0.15) is 5.76 Å². The maximum Gasteiger partial charge on any atom is 0.271 e. The highest BCUT2D eigenvalue weighted by Gasteiger charge is 2.13. The second-order valence-corrected chi connectivity index (χ2v) is 6.24. The van der Waals surface area contributed by atoms with Crippen LogP contribution in [-0.2, 0) is 16.6 Å². The summed E-state index contributed by atoms with van der Waals surface area (Å²) in [4.78, 5) is 0.